The number of halogens is 1. The van der Waals surface area contributed by atoms with Gasteiger partial charge in [-0.3, -0.25) is 0 Å². The highest BCUT2D eigenvalue weighted by Gasteiger charge is 2.18. The number of thiophene rings is 1. The molecule has 1 atom stereocenters. The Morgan fingerprint density at radius 2 is 2.00 bits per heavy atom. The van der Waals surface area contributed by atoms with Gasteiger partial charge in [0.25, 0.3) is 0 Å². The topological polar surface area (TPSA) is 26.0 Å². The summed E-state index contributed by atoms with van der Waals surface area (Å²) in [5.41, 5.74) is 9.47. The average Bonchev–Trinajstić information content (AvgIpc) is 2.85. The Hall–Kier alpha value is -1.19. The molecule has 1 aliphatic rings. The Morgan fingerprint density at radius 3 is 2.74 bits per heavy atom. The van der Waals surface area contributed by atoms with Gasteiger partial charge in [0.1, 0.15) is 5.82 Å². The minimum Gasteiger partial charge on any atom is -0.320 e. The predicted octanol–water partition coefficient (Wildman–Crippen LogP) is 4.12. The third-order valence-corrected chi connectivity index (χ3v) is 5.18. The van der Waals surface area contributed by atoms with Crippen molar-refractivity contribution in [3.05, 3.63) is 56.5 Å². The van der Waals surface area contributed by atoms with E-state index in [4.69, 9.17) is 5.73 Å². The van der Waals surface area contributed by atoms with E-state index in [1.54, 1.807) is 13.0 Å². The lowest BCUT2D eigenvalue weighted by Gasteiger charge is -2.11. The minimum atomic E-state index is -0.165. The number of rotatable bonds is 2. The van der Waals surface area contributed by atoms with Crippen LogP contribution in [0.4, 0.5) is 4.39 Å². The number of hydrogen-bond donors (Lipinski definition) is 1. The van der Waals surface area contributed by atoms with Crippen molar-refractivity contribution in [2.75, 3.05) is 0 Å². The molecule has 1 nitrogen and oxygen atoms in total. The molecule has 0 saturated heterocycles. The van der Waals surface area contributed by atoms with Crippen molar-refractivity contribution in [1.29, 1.82) is 0 Å². The van der Waals surface area contributed by atoms with E-state index in [9.17, 15) is 4.39 Å². The van der Waals surface area contributed by atoms with E-state index in [1.807, 2.05) is 17.4 Å². The number of nitrogens with two attached hydrogens (primary N) is 1. The van der Waals surface area contributed by atoms with E-state index in [1.165, 1.54) is 47.1 Å². The molecule has 0 aliphatic heterocycles. The third kappa shape index (κ3) is 2.45. The molecular weight excluding hydrogens is 257 g/mol. The molecule has 0 amide bonds. The van der Waals surface area contributed by atoms with E-state index in [0.29, 0.717) is 5.56 Å². The van der Waals surface area contributed by atoms with E-state index in [-0.39, 0.29) is 11.9 Å². The lowest BCUT2D eigenvalue weighted by atomic mass is 9.97. The van der Waals surface area contributed by atoms with Gasteiger partial charge in [-0.05, 0) is 61.4 Å². The van der Waals surface area contributed by atoms with Gasteiger partial charge in [-0.15, -0.1) is 11.3 Å². The van der Waals surface area contributed by atoms with Crippen molar-refractivity contribution in [3.8, 4) is 0 Å². The summed E-state index contributed by atoms with van der Waals surface area (Å²) >= 11 is 1.83. The Labute approximate surface area is 117 Å². The SMILES string of the molecule is Cc1cc(C(N)c2cc3c(s2)CCCC3)ccc1F. The molecule has 1 aromatic heterocycles. The molecule has 0 fully saturated rings. The lowest BCUT2D eigenvalue weighted by Crippen LogP contribution is -2.10. The summed E-state index contributed by atoms with van der Waals surface area (Å²) in [6.45, 7) is 1.78. The van der Waals surface area contributed by atoms with Gasteiger partial charge in [-0.25, -0.2) is 4.39 Å². The molecule has 2 N–H and O–H groups in total. The van der Waals surface area contributed by atoms with Crippen LogP contribution in [0.15, 0.2) is 24.3 Å². The normalized spacial score (nSPS) is 16.2. The number of benzene rings is 1. The fraction of sp³-hybridized carbons (Fsp3) is 0.375. The van der Waals surface area contributed by atoms with Crippen molar-refractivity contribution < 1.29 is 4.39 Å². The standard InChI is InChI=1S/C16H18FNS/c1-10-8-12(6-7-13(10)17)16(18)15-9-11-4-2-3-5-14(11)19-15/h6-9,16H,2-5,18H2,1H3. The fourth-order valence-electron chi connectivity index (χ4n) is 2.69. The van der Waals surface area contributed by atoms with Crippen LogP contribution < -0.4 is 5.73 Å². The smallest absolute Gasteiger partial charge is 0.126 e. The van der Waals surface area contributed by atoms with E-state index in [0.717, 1.165) is 5.56 Å². The first-order valence-electron chi connectivity index (χ1n) is 6.78. The Kier molecular flexibility index (Phi) is 3.42. The van der Waals surface area contributed by atoms with Crippen LogP contribution in [0.1, 0.15) is 45.3 Å². The summed E-state index contributed by atoms with van der Waals surface area (Å²) in [5.74, 6) is -0.165. The summed E-state index contributed by atoms with van der Waals surface area (Å²) in [6.07, 6.45) is 4.95. The molecule has 0 spiro atoms. The van der Waals surface area contributed by atoms with Crippen molar-refractivity contribution in [3.63, 3.8) is 0 Å². The molecule has 0 radical (unpaired) electrons. The van der Waals surface area contributed by atoms with Crippen molar-refractivity contribution in [2.45, 2.75) is 38.6 Å². The summed E-state index contributed by atoms with van der Waals surface area (Å²) in [4.78, 5) is 2.70. The Bertz CT molecular complexity index is 579. The molecule has 3 heteroatoms. The Morgan fingerprint density at radius 1 is 1.21 bits per heavy atom. The van der Waals surface area contributed by atoms with Crippen molar-refractivity contribution >= 4 is 11.3 Å². The first kappa shape index (κ1) is 12.8. The van der Waals surface area contributed by atoms with Gasteiger partial charge in [0.05, 0.1) is 6.04 Å². The molecule has 1 unspecified atom stereocenters. The number of aryl methyl sites for hydroxylation is 3. The summed E-state index contributed by atoms with van der Waals surface area (Å²) in [6, 6.07) is 7.29. The zero-order chi connectivity index (χ0) is 13.4. The van der Waals surface area contributed by atoms with Crippen molar-refractivity contribution in [1.82, 2.24) is 0 Å². The maximum absolute atomic E-state index is 13.3. The number of fused-ring (bicyclic) bond motifs is 1. The molecule has 3 rings (SSSR count). The second kappa shape index (κ2) is 5.06. The second-order valence-electron chi connectivity index (χ2n) is 5.29. The van der Waals surface area contributed by atoms with Crippen LogP contribution in [0.25, 0.3) is 0 Å². The van der Waals surface area contributed by atoms with Gasteiger partial charge in [0.2, 0.25) is 0 Å². The molecule has 2 aromatic rings. The van der Waals surface area contributed by atoms with Crippen LogP contribution in [0.2, 0.25) is 0 Å². The highest BCUT2D eigenvalue weighted by molar-refractivity contribution is 7.12. The van der Waals surface area contributed by atoms with E-state index < -0.39 is 0 Å². The second-order valence-corrected chi connectivity index (χ2v) is 6.46. The van der Waals surface area contributed by atoms with E-state index >= 15 is 0 Å². The molecule has 1 aliphatic carbocycles. The van der Waals surface area contributed by atoms with Gasteiger partial charge >= 0.3 is 0 Å². The van der Waals surface area contributed by atoms with Gasteiger partial charge in [-0.2, -0.15) is 0 Å². The van der Waals surface area contributed by atoms with E-state index in [2.05, 4.69) is 6.07 Å². The van der Waals surface area contributed by atoms with Gasteiger partial charge in [0, 0.05) is 9.75 Å². The van der Waals surface area contributed by atoms with Crippen LogP contribution in [0.5, 0.6) is 0 Å². The van der Waals surface area contributed by atoms with Crippen LogP contribution in [-0.4, -0.2) is 0 Å². The van der Waals surface area contributed by atoms with Crippen molar-refractivity contribution in [2.24, 2.45) is 5.73 Å². The summed E-state index contributed by atoms with van der Waals surface area (Å²) in [7, 11) is 0. The summed E-state index contributed by atoms with van der Waals surface area (Å²) in [5, 5.41) is 0. The van der Waals surface area contributed by atoms with Crippen LogP contribution >= 0.6 is 11.3 Å². The minimum absolute atomic E-state index is 0.130. The van der Waals surface area contributed by atoms with Gasteiger partial charge in [-0.1, -0.05) is 12.1 Å². The first-order valence-corrected chi connectivity index (χ1v) is 7.60. The highest BCUT2D eigenvalue weighted by atomic mass is 32.1. The molecular formula is C16H18FNS. The molecule has 0 saturated carbocycles. The molecule has 1 aromatic carbocycles. The average molecular weight is 275 g/mol. The maximum atomic E-state index is 13.3. The van der Waals surface area contributed by atoms with Crippen LogP contribution in [0, 0.1) is 12.7 Å². The largest absolute Gasteiger partial charge is 0.320 e. The van der Waals surface area contributed by atoms with Crippen LogP contribution in [0.3, 0.4) is 0 Å². The first-order chi connectivity index (χ1) is 9.15. The predicted molar refractivity (Wildman–Crippen MR) is 78.1 cm³/mol. The highest BCUT2D eigenvalue weighted by Crippen LogP contribution is 2.34. The molecule has 0 bridgehead atoms. The molecule has 1 heterocycles. The zero-order valence-corrected chi connectivity index (χ0v) is 11.9. The molecule has 19 heavy (non-hydrogen) atoms. The monoisotopic (exact) mass is 275 g/mol. The third-order valence-electron chi connectivity index (χ3n) is 3.86. The molecule has 100 valence electrons. The lowest BCUT2D eigenvalue weighted by molar-refractivity contribution is 0.617. The number of hydrogen-bond acceptors (Lipinski definition) is 2. The zero-order valence-electron chi connectivity index (χ0n) is 11.1. The fourth-order valence-corrected chi connectivity index (χ4v) is 3.98. The summed E-state index contributed by atoms with van der Waals surface area (Å²) < 4.78 is 13.3. The Balaban J connectivity index is 1.92. The van der Waals surface area contributed by atoms with Gasteiger partial charge < -0.3 is 5.73 Å². The maximum Gasteiger partial charge on any atom is 0.126 e. The quantitative estimate of drug-likeness (QED) is 0.876. The van der Waals surface area contributed by atoms with Crippen LogP contribution in [-0.2, 0) is 12.8 Å². The van der Waals surface area contributed by atoms with Gasteiger partial charge in [0.15, 0.2) is 0 Å².